The van der Waals surface area contributed by atoms with Crippen molar-refractivity contribution < 1.29 is 9.84 Å². The van der Waals surface area contributed by atoms with Gasteiger partial charge < -0.3 is 19.3 Å². The molecule has 1 atom stereocenters. The Morgan fingerprint density at radius 2 is 1.91 bits per heavy atom. The van der Waals surface area contributed by atoms with Crippen LogP contribution in [0, 0.1) is 6.92 Å². The van der Waals surface area contributed by atoms with E-state index in [-0.39, 0.29) is 24.3 Å². The molecule has 2 aromatic carbocycles. The predicted molar refractivity (Wildman–Crippen MR) is 127 cm³/mol. The maximum Gasteiger partial charge on any atom is 0.329 e. The number of imidazole rings is 1. The number of aromatic amines is 1. The average molecular weight is 450 g/mol. The van der Waals surface area contributed by atoms with Gasteiger partial charge in [-0.1, -0.05) is 42.5 Å². The highest BCUT2D eigenvalue weighted by molar-refractivity contribution is 5.74. The molecule has 0 aliphatic heterocycles. The van der Waals surface area contributed by atoms with Crippen LogP contribution < -0.4 is 20.9 Å². The van der Waals surface area contributed by atoms with Gasteiger partial charge in [0.15, 0.2) is 11.2 Å². The molecule has 0 unspecified atom stereocenters. The van der Waals surface area contributed by atoms with Crippen molar-refractivity contribution in [3.63, 3.8) is 0 Å². The quantitative estimate of drug-likeness (QED) is 0.425. The van der Waals surface area contributed by atoms with Crippen molar-refractivity contribution in [1.29, 1.82) is 0 Å². The van der Waals surface area contributed by atoms with Crippen molar-refractivity contribution in [2.45, 2.75) is 26.1 Å². The van der Waals surface area contributed by atoms with E-state index in [1.165, 1.54) is 4.57 Å². The van der Waals surface area contributed by atoms with E-state index >= 15 is 0 Å². The Balaban J connectivity index is 1.67. The molecule has 4 aromatic rings. The third-order valence-corrected chi connectivity index (χ3v) is 5.42. The fourth-order valence-corrected chi connectivity index (χ4v) is 3.78. The standard InChI is InChI=1S/C24H27N5O4/c1-16-8-7-11-19(12-16)33-15-18(30)14-29-20-21(28(3)24(32)26-22(20)31)25-23(29)27(2)13-17-9-5-4-6-10-17/h4-12,18,30H,13-15H2,1-3H3,(H,26,31,32)/t18-/m0/s1. The number of nitrogens with zero attached hydrogens (tertiary/aromatic N) is 4. The lowest BCUT2D eigenvalue weighted by Crippen LogP contribution is -2.31. The van der Waals surface area contributed by atoms with E-state index in [0.29, 0.717) is 18.2 Å². The van der Waals surface area contributed by atoms with Crippen LogP contribution in [0.2, 0.25) is 0 Å². The summed E-state index contributed by atoms with van der Waals surface area (Å²) in [5.74, 6) is 1.13. The molecule has 0 saturated heterocycles. The molecule has 9 nitrogen and oxygen atoms in total. The number of fused-ring (bicyclic) bond motifs is 1. The average Bonchev–Trinajstić information content (AvgIpc) is 3.17. The predicted octanol–water partition coefficient (Wildman–Crippen LogP) is 1.81. The van der Waals surface area contributed by atoms with Gasteiger partial charge in [-0.05, 0) is 30.2 Å². The van der Waals surface area contributed by atoms with Gasteiger partial charge >= 0.3 is 5.69 Å². The second-order valence-corrected chi connectivity index (χ2v) is 8.14. The summed E-state index contributed by atoms with van der Waals surface area (Å²) in [5.41, 5.74) is 1.50. The summed E-state index contributed by atoms with van der Waals surface area (Å²) in [5, 5.41) is 10.7. The first-order valence-electron chi connectivity index (χ1n) is 10.7. The van der Waals surface area contributed by atoms with Crippen LogP contribution in [-0.2, 0) is 20.1 Å². The summed E-state index contributed by atoms with van der Waals surface area (Å²) in [6, 6.07) is 17.4. The van der Waals surface area contributed by atoms with Gasteiger partial charge in [0.2, 0.25) is 5.95 Å². The molecule has 4 rings (SSSR count). The Morgan fingerprint density at radius 1 is 1.15 bits per heavy atom. The summed E-state index contributed by atoms with van der Waals surface area (Å²) in [6.07, 6.45) is -0.913. The minimum Gasteiger partial charge on any atom is -0.491 e. The van der Waals surface area contributed by atoms with Crippen LogP contribution >= 0.6 is 0 Å². The fourth-order valence-electron chi connectivity index (χ4n) is 3.78. The number of benzene rings is 2. The van der Waals surface area contributed by atoms with E-state index in [0.717, 1.165) is 11.1 Å². The Bertz CT molecular complexity index is 1370. The third kappa shape index (κ3) is 4.83. The van der Waals surface area contributed by atoms with Crippen molar-refractivity contribution in [3.8, 4) is 5.75 Å². The summed E-state index contributed by atoms with van der Waals surface area (Å²) in [4.78, 5) is 33.6. The molecular weight excluding hydrogens is 422 g/mol. The molecule has 0 aliphatic carbocycles. The molecule has 172 valence electrons. The Labute approximate surface area is 190 Å². The topological polar surface area (TPSA) is 105 Å². The molecule has 0 aliphatic rings. The van der Waals surface area contributed by atoms with Crippen molar-refractivity contribution in [1.82, 2.24) is 19.1 Å². The van der Waals surface area contributed by atoms with E-state index in [4.69, 9.17) is 4.74 Å². The highest BCUT2D eigenvalue weighted by Crippen LogP contribution is 2.21. The van der Waals surface area contributed by atoms with Crippen LogP contribution in [0.4, 0.5) is 5.95 Å². The fraction of sp³-hybridized carbons (Fsp3) is 0.292. The zero-order valence-electron chi connectivity index (χ0n) is 18.9. The highest BCUT2D eigenvalue weighted by atomic mass is 16.5. The molecule has 2 N–H and O–H groups in total. The first kappa shape index (κ1) is 22.3. The lowest BCUT2D eigenvalue weighted by atomic mass is 10.2. The summed E-state index contributed by atoms with van der Waals surface area (Å²) >= 11 is 0. The number of H-pyrrole nitrogens is 1. The third-order valence-electron chi connectivity index (χ3n) is 5.42. The number of ether oxygens (including phenoxy) is 1. The number of nitrogens with one attached hydrogen (secondary N) is 1. The SMILES string of the molecule is Cc1cccc(OC[C@@H](O)Cn2c(N(C)Cc3ccccc3)nc3c2c(=O)[nH]c(=O)n3C)c1. The lowest BCUT2D eigenvalue weighted by Gasteiger charge is -2.21. The largest absolute Gasteiger partial charge is 0.491 e. The zero-order valence-corrected chi connectivity index (χ0v) is 18.9. The first-order valence-corrected chi connectivity index (χ1v) is 10.7. The van der Waals surface area contributed by atoms with Gasteiger partial charge in [0.05, 0.1) is 6.54 Å². The molecule has 0 amide bonds. The van der Waals surface area contributed by atoms with E-state index < -0.39 is 17.4 Å². The lowest BCUT2D eigenvalue weighted by molar-refractivity contribution is 0.0936. The maximum absolute atomic E-state index is 12.7. The van der Waals surface area contributed by atoms with Crippen LogP contribution in [-0.4, -0.2) is 44.0 Å². The number of hydrogen-bond acceptors (Lipinski definition) is 6. The molecule has 0 bridgehead atoms. The summed E-state index contributed by atoms with van der Waals surface area (Å²) in [6.45, 7) is 2.60. The van der Waals surface area contributed by atoms with Gasteiger partial charge in [0, 0.05) is 20.6 Å². The molecule has 33 heavy (non-hydrogen) atoms. The molecule has 0 spiro atoms. The Hall–Kier alpha value is -3.85. The second kappa shape index (κ2) is 9.33. The number of aromatic nitrogens is 4. The van der Waals surface area contributed by atoms with E-state index in [2.05, 4.69) is 9.97 Å². The molecule has 0 radical (unpaired) electrons. The number of aliphatic hydroxyl groups is 1. The smallest absolute Gasteiger partial charge is 0.329 e. The molecule has 0 saturated carbocycles. The van der Waals surface area contributed by atoms with Crippen LogP contribution in [0.3, 0.4) is 0 Å². The van der Waals surface area contributed by atoms with E-state index in [1.807, 2.05) is 73.5 Å². The zero-order chi connectivity index (χ0) is 23.5. The highest BCUT2D eigenvalue weighted by Gasteiger charge is 2.22. The minimum absolute atomic E-state index is 0.0363. The van der Waals surface area contributed by atoms with Gasteiger partial charge in [0.1, 0.15) is 18.5 Å². The Kier molecular flexibility index (Phi) is 6.32. The molecule has 9 heteroatoms. The van der Waals surface area contributed by atoms with Crippen LogP contribution in [0.25, 0.3) is 11.2 Å². The second-order valence-electron chi connectivity index (χ2n) is 8.14. The van der Waals surface area contributed by atoms with Gasteiger partial charge in [-0.2, -0.15) is 4.98 Å². The number of aliphatic hydroxyl groups excluding tert-OH is 1. The van der Waals surface area contributed by atoms with E-state index in [1.54, 1.807) is 11.6 Å². The van der Waals surface area contributed by atoms with E-state index in [9.17, 15) is 14.7 Å². The monoisotopic (exact) mass is 449 g/mol. The summed E-state index contributed by atoms with van der Waals surface area (Å²) < 4.78 is 8.67. The van der Waals surface area contributed by atoms with Crippen molar-refractivity contribution in [2.75, 3.05) is 18.6 Å². The summed E-state index contributed by atoms with van der Waals surface area (Å²) in [7, 11) is 3.41. The van der Waals surface area contributed by atoms with Crippen LogP contribution in [0.15, 0.2) is 64.2 Å². The van der Waals surface area contributed by atoms with Gasteiger partial charge in [-0.15, -0.1) is 0 Å². The van der Waals surface area contributed by atoms with Crippen molar-refractivity contribution >= 4 is 17.1 Å². The van der Waals surface area contributed by atoms with Crippen LogP contribution in [0.5, 0.6) is 5.75 Å². The molecule has 2 aromatic heterocycles. The normalized spacial score (nSPS) is 12.1. The van der Waals surface area contributed by atoms with Gasteiger partial charge in [-0.3, -0.25) is 14.3 Å². The van der Waals surface area contributed by atoms with Crippen molar-refractivity contribution in [2.24, 2.45) is 7.05 Å². The number of anilines is 1. The number of hydrogen-bond donors (Lipinski definition) is 2. The van der Waals surface area contributed by atoms with Crippen LogP contribution in [0.1, 0.15) is 11.1 Å². The van der Waals surface area contributed by atoms with Gasteiger partial charge in [0.25, 0.3) is 5.56 Å². The Morgan fingerprint density at radius 3 is 2.64 bits per heavy atom. The van der Waals surface area contributed by atoms with Crippen molar-refractivity contribution in [3.05, 3.63) is 86.6 Å². The molecule has 2 heterocycles. The minimum atomic E-state index is -0.913. The molecular formula is C24H27N5O4. The maximum atomic E-state index is 12.7. The number of aryl methyl sites for hydroxylation is 2. The molecule has 0 fully saturated rings. The number of rotatable bonds is 8. The first-order chi connectivity index (χ1) is 15.8. The van der Waals surface area contributed by atoms with Gasteiger partial charge in [-0.25, -0.2) is 4.79 Å².